The predicted octanol–water partition coefficient (Wildman–Crippen LogP) is 3.59. The van der Waals surface area contributed by atoms with Gasteiger partial charge in [0.1, 0.15) is 28.5 Å². The van der Waals surface area contributed by atoms with Crippen LogP contribution < -0.4 is 15.8 Å². The van der Waals surface area contributed by atoms with Gasteiger partial charge in [-0.2, -0.15) is 5.26 Å². The van der Waals surface area contributed by atoms with Crippen LogP contribution >= 0.6 is 11.3 Å². The molecule has 0 unspecified atom stereocenters. The number of hydrogen-bond acceptors (Lipinski definition) is 5. The molecule has 0 fully saturated rings. The molecule has 2 amide bonds. The standard InChI is InChI=1S/C22H21N3O3S/c1-12-8-14-9-13(6-7-17(14)28-12)10-15(11-23)21(27)25-22-19(20(24)26)16-4-2-3-5-18(16)29-22/h6-7,9-10,12H,2-5,8H2,1H3,(H2,24,26)(H,25,27)/b15-10+/t12-/m0/s1. The third kappa shape index (κ3) is 3.76. The molecule has 0 radical (unpaired) electrons. The Hall–Kier alpha value is -3.11. The molecule has 148 valence electrons. The van der Waals surface area contributed by atoms with Gasteiger partial charge in [-0.1, -0.05) is 6.07 Å². The van der Waals surface area contributed by atoms with E-state index in [9.17, 15) is 14.9 Å². The Morgan fingerprint density at radius 3 is 2.90 bits per heavy atom. The maximum Gasteiger partial charge on any atom is 0.266 e. The van der Waals surface area contributed by atoms with E-state index in [1.165, 1.54) is 11.3 Å². The number of carbonyl (C=O) groups excluding carboxylic acids is 2. The minimum absolute atomic E-state index is 0.0290. The molecule has 0 spiro atoms. The Morgan fingerprint density at radius 1 is 1.34 bits per heavy atom. The largest absolute Gasteiger partial charge is 0.490 e. The number of nitrogens with one attached hydrogen (secondary N) is 1. The molecule has 1 aliphatic carbocycles. The van der Waals surface area contributed by atoms with E-state index in [-0.39, 0.29) is 11.7 Å². The van der Waals surface area contributed by atoms with Crippen LogP contribution in [0.2, 0.25) is 0 Å². The highest BCUT2D eigenvalue weighted by molar-refractivity contribution is 7.17. The molecule has 7 heteroatoms. The monoisotopic (exact) mass is 407 g/mol. The van der Waals surface area contributed by atoms with E-state index in [2.05, 4.69) is 5.32 Å². The number of nitrogens with zero attached hydrogens (tertiary/aromatic N) is 1. The summed E-state index contributed by atoms with van der Waals surface area (Å²) in [5, 5.41) is 12.7. The minimum Gasteiger partial charge on any atom is -0.490 e. The summed E-state index contributed by atoms with van der Waals surface area (Å²) < 4.78 is 5.69. The quantitative estimate of drug-likeness (QED) is 0.597. The molecule has 29 heavy (non-hydrogen) atoms. The lowest BCUT2D eigenvalue weighted by atomic mass is 9.95. The van der Waals surface area contributed by atoms with Gasteiger partial charge in [-0.3, -0.25) is 9.59 Å². The summed E-state index contributed by atoms with van der Waals surface area (Å²) in [6.45, 7) is 2.00. The van der Waals surface area contributed by atoms with E-state index in [1.807, 2.05) is 31.2 Å². The zero-order valence-corrected chi connectivity index (χ0v) is 16.9. The van der Waals surface area contributed by atoms with Crippen molar-refractivity contribution in [1.82, 2.24) is 0 Å². The lowest BCUT2D eigenvalue weighted by molar-refractivity contribution is -0.112. The molecule has 3 N–H and O–H groups in total. The molecular formula is C22H21N3O3S. The molecule has 2 aromatic rings. The minimum atomic E-state index is -0.546. The fourth-order valence-corrected chi connectivity index (χ4v) is 5.22. The first kappa shape index (κ1) is 19.2. The summed E-state index contributed by atoms with van der Waals surface area (Å²) >= 11 is 1.38. The van der Waals surface area contributed by atoms with Crippen molar-refractivity contribution in [2.75, 3.05) is 5.32 Å². The molecule has 0 bridgehead atoms. The molecule has 0 saturated carbocycles. The van der Waals surface area contributed by atoms with Crippen molar-refractivity contribution < 1.29 is 14.3 Å². The third-order valence-electron chi connectivity index (χ3n) is 5.24. The third-order valence-corrected chi connectivity index (χ3v) is 6.45. The number of nitriles is 1. The number of ether oxygens (including phenoxy) is 1. The van der Waals surface area contributed by atoms with Gasteiger partial charge in [-0.15, -0.1) is 11.3 Å². The number of nitrogens with two attached hydrogens (primary N) is 1. The first-order valence-electron chi connectivity index (χ1n) is 9.63. The number of rotatable bonds is 4. The van der Waals surface area contributed by atoms with Crippen LogP contribution in [0.25, 0.3) is 6.08 Å². The molecular weight excluding hydrogens is 386 g/mol. The van der Waals surface area contributed by atoms with E-state index < -0.39 is 11.8 Å². The predicted molar refractivity (Wildman–Crippen MR) is 112 cm³/mol. The Bertz CT molecular complexity index is 1080. The molecule has 0 saturated heterocycles. The van der Waals surface area contributed by atoms with Crippen LogP contribution in [0, 0.1) is 11.3 Å². The first-order valence-corrected chi connectivity index (χ1v) is 10.4. The van der Waals surface area contributed by atoms with E-state index in [1.54, 1.807) is 6.08 Å². The fourth-order valence-electron chi connectivity index (χ4n) is 3.93. The average Bonchev–Trinajstić information content (AvgIpc) is 3.24. The van der Waals surface area contributed by atoms with Crippen LogP contribution in [0.5, 0.6) is 5.75 Å². The molecule has 1 aromatic carbocycles. The normalized spacial score (nSPS) is 17.7. The molecule has 6 nitrogen and oxygen atoms in total. The highest BCUT2D eigenvalue weighted by Crippen LogP contribution is 2.38. The zero-order chi connectivity index (χ0) is 20.5. The van der Waals surface area contributed by atoms with Gasteiger partial charge in [0.25, 0.3) is 11.8 Å². The topological polar surface area (TPSA) is 105 Å². The van der Waals surface area contributed by atoms with Crippen LogP contribution in [0.15, 0.2) is 23.8 Å². The van der Waals surface area contributed by atoms with Crippen LogP contribution in [-0.4, -0.2) is 17.9 Å². The van der Waals surface area contributed by atoms with E-state index in [4.69, 9.17) is 10.5 Å². The zero-order valence-electron chi connectivity index (χ0n) is 16.1. The smallest absolute Gasteiger partial charge is 0.266 e. The summed E-state index contributed by atoms with van der Waals surface area (Å²) in [5.41, 5.74) is 8.70. The number of aryl methyl sites for hydroxylation is 1. The van der Waals surface area contributed by atoms with Crippen LogP contribution in [-0.2, 0) is 24.1 Å². The van der Waals surface area contributed by atoms with Crippen LogP contribution in [0.3, 0.4) is 0 Å². The van der Waals surface area contributed by atoms with Crippen molar-refractivity contribution in [2.24, 2.45) is 5.73 Å². The Kier molecular flexibility index (Phi) is 5.12. The van der Waals surface area contributed by atoms with Gasteiger partial charge < -0.3 is 15.8 Å². The molecule has 1 aromatic heterocycles. The van der Waals surface area contributed by atoms with Gasteiger partial charge >= 0.3 is 0 Å². The second kappa shape index (κ2) is 7.72. The van der Waals surface area contributed by atoms with Crippen molar-refractivity contribution in [3.8, 4) is 11.8 Å². The van der Waals surface area contributed by atoms with Crippen molar-refractivity contribution in [2.45, 2.75) is 45.1 Å². The van der Waals surface area contributed by atoms with Gasteiger partial charge in [-0.25, -0.2) is 0 Å². The Labute approximate surface area is 173 Å². The average molecular weight is 407 g/mol. The summed E-state index contributed by atoms with van der Waals surface area (Å²) in [4.78, 5) is 25.8. The van der Waals surface area contributed by atoms with E-state index in [0.717, 1.165) is 59.4 Å². The van der Waals surface area contributed by atoms with Crippen LogP contribution in [0.4, 0.5) is 5.00 Å². The second-order valence-corrected chi connectivity index (χ2v) is 8.51. The van der Waals surface area contributed by atoms with Crippen molar-refractivity contribution >= 4 is 34.2 Å². The number of thiophene rings is 1. The van der Waals surface area contributed by atoms with Gasteiger partial charge in [-0.05, 0) is 67.5 Å². The number of anilines is 1. The van der Waals surface area contributed by atoms with Crippen molar-refractivity contribution in [3.63, 3.8) is 0 Å². The Morgan fingerprint density at radius 2 is 2.14 bits per heavy atom. The van der Waals surface area contributed by atoms with Gasteiger partial charge in [0.05, 0.1) is 5.56 Å². The van der Waals surface area contributed by atoms with Crippen molar-refractivity contribution in [1.29, 1.82) is 5.26 Å². The van der Waals surface area contributed by atoms with Crippen LogP contribution in [0.1, 0.15) is 51.7 Å². The highest BCUT2D eigenvalue weighted by atomic mass is 32.1. The molecule has 2 aliphatic rings. The molecule has 1 aliphatic heterocycles. The molecule has 2 heterocycles. The summed E-state index contributed by atoms with van der Waals surface area (Å²) in [7, 11) is 0. The SMILES string of the molecule is C[C@H]1Cc2cc(/C=C(\C#N)C(=O)Nc3sc4c(c3C(N)=O)CCCC4)ccc2O1. The van der Waals surface area contributed by atoms with E-state index in [0.29, 0.717) is 10.6 Å². The first-order chi connectivity index (χ1) is 14.0. The van der Waals surface area contributed by atoms with Crippen molar-refractivity contribution in [3.05, 3.63) is 50.9 Å². The number of primary amides is 1. The van der Waals surface area contributed by atoms with E-state index >= 15 is 0 Å². The number of hydrogen-bond donors (Lipinski definition) is 2. The maximum atomic E-state index is 12.7. The summed E-state index contributed by atoms with van der Waals surface area (Å²) in [6.07, 6.45) is 6.21. The fraction of sp³-hybridized carbons (Fsp3) is 0.318. The second-order valence-electron chi connectivity index (χ2n) is 7.40. The summed E-state index contributed by atoms with van der Waals surface area (Å²) in [5.74, 6) is -0.249. The lowest BCUT2D eigenvalue weighted by Crippen LogP contribution is -2.19. The highest BCUT2D eigenvalue weighted by Gasteiger charge is 2.26. The number of amides is 2. The summed E-state index contributed by atoms with van der Waals surface area (Å²) in [6, 6.07) is 7.57. The Balaban J connectivity index is 1.60. The maximum absolute atomic E-state index is 12.7. The molecule has 1 atom stereocenters. The van der Waals surface area contributed by atoms with Gasteiger partial charge in [0.15, 0.2) is 0 Å². The number of fused-ring (bicyclic) bond motifs is 2. The number of carbonyl (C=O) groups is 2. The number of benzene rings is 1. The van der Waals surface area contributed by atoms with Gasteiger partial charge in [0.2, 0.25) is 0 Å². The lowest BCUT2D eigenvalue weighted by Gasteiger charge is -2.11. The molecule has 4 rings (SSSR count). The van der Waals surface area contributed by atoms with Gasteiger partial charge in [0, 0.05) is 11.3 Å².